The van der Waals surface area contributed by atoms with Crippen molar-refractivity contribution in [1.82, 2.24) is 5.32 Å². The molecule has 0 radical (unpaired) electrons. The summed E-state index contributed by atoms with van der Waals surface area (Å²) in [5, 5.41) is 15.2. The van der Waals surface area contributed by atoms with E-state index in [-0.39, 0.29) is 6.04 Å². The van der Waals surface area contributed by atoms with Crippen LogP contribution in [0, 0.1) is 0 Å². The van der Waals surface area contributed by atoms with Gasteiger partial charge >= 0.3 is 0 Å². The van der Waals surface area contributed by atoms with Crippen molar-refractivity contribution in [2.45, 2.75) is 50.7 Å². The minimum Gasteiger partial charge on any atom is -0.388 e. The first-order chi connectivity index (χ1) is 19.8. The van der Waals surface area contributed by atoms with Gasteiger partial charge in [-0.2, -0.15) is 0 Å². The van der Waals surface area contributed by atoms with Crippen LogP contribution in [0.15, 0.2) is 133 Å². The molecule has 0 saturated carbocycles. The zero-order valence-corrected chi connectivity index (χ0v) is 22.6. The summed E-state index contributed by atoms with van der Waals surface area (Å²) in [4.78, 5) is 0. The van der Waals surface area contributed by atoms with Gasteiger partial charge in [0.2, 0.25) is 0 Å². The maximum absolute atomic E-state index is 11.6. The zero-order chi connectivity index (χ0) is 27.4. The van der Waals surface area contributed by atoms with Gasteiger partial charge in [0.25, 0.3) is 0 Å². The molecule has 5 heteroatoms. The van der Waals surface area contributed by atoms with E-state index in [2.05, 4.69) is 35.7 Å². The van der Waals surface area contributed by atoms with Crippen LogP contribution in [0.5, 0.6) is 0 Å². The summed E-state index contributed by atoms with van der Waals surface area (Å²) >= 11 is 0. The highest BCUT2D eigenvalue weighted by Gasteiger charge is 2.41. The van der Waals surface area contributed by atoms with Crippen molar-refractivity contribution >= 4 is 0 Å². The number of benzene rings is 4. The maximum Gasteiger partial charge on any atom is 0.116 e. The third kappa shape index (κ3) is 7.98. The van der Waals surface area contributed by atoms with Gasteiger partial charge in [-0.1, -0.05) is 127 Å². The molecule has 4 aromatic carbocycles. The highest BCUT2D eigenvalue weighted by atomic mass is 16.6. The average Bonchev–Trinajstić information content (AvgIpc) is 3.01. The largest absolute Gasteiger partial charge is 0.388 e. The van der Waals surface area contributed by atoms with Crippen LogP contribution in [0.3, 0.4) is 0 Å². The molecule has 0 aromatic heterocycles. The lowest BCUT2D eigenvalue weighted by molar-refractivity contribution is -0.133. The number of hydrogen-bond donors (Lipinski definition) is 2. The first-order valence-electron chi connectivity index (χ1n) is 13.8. The molecule has 0 amide bonds. The van der Waals surface area contributed by atoms with E-state index in [1.807, 2.05) is 97.1 Å². The van der Waals surface area contributed by atoms with E-state index in [1.165, 1.54) is 0 Å². The number of ether oxygens (including phenoxy) is 3. The topological polar surface area (TPSA) is 60.0 Å². The Morgan fingerprint density at radius 2 is 1.02 bits per heavy atom. The number of hydrogen-bond acceptors (Lipinski definition) is 5. The van der Waals surface area contributed by atoms with Crippen LogP contribution in [-0.2, 0) is 40.6 Å². The highest BCUT2D eigenvalue weighted by molar-refractivity contribution is 5.25. The Bertz CT molecular complexity index is 1300. The number of nitrogens with one attached hydrogen (secondary N) is 1. The molecule has 4 atom stereocenters. The van der Waals surface area contributed by atoms with E-state index in [0.29, 0.717) is 33.0 Å². The Balaban J connectivity index is 1.38. The Kier molecular flexibility index (Phi) is 10.3. The third-order valence-electron chi connectivity index (χ3n) is 7.08. The van der Waals surface area contributed by atoms with Gasteiger partial charge in [-0.15, -0.1) is 0 Å². The van der Waals surface area contributed by atoms with Crippen molar-refractivity contribution < 1.29 is 19.3 Å². The van der Waals surface area contributed by atoms with Crippen LogP contribution in [0.4, 0.5) is 0 Å². The molecule has 1 aliphatic carbocycles. The molecule has 0 bridgehead atoms. The van der Waals surface area contributed by atoms with Gasteiger partial charge < -0.3 is 24.6 Å². The van der Waals surface area contributed by atoms with Crippen molar-refractivity contribution in [3.8, 4) is 0 Å². The summed E-state index contributed by atoms with van der Waals surface area (Å²) in [6, 6.07) is 40.1. The van der Waals surface area contributed by atoms with E-state index < -0.39 is 18.3 Å². The summed E-state index contributed by atoms with van der Waals surface area (Å²) < 4.78 is 19.1. The predicted molar refractivity (Wildman–Crippen MR) is 157 cm³/mol. The molecule has 5 rings (SSSR count). The molecule has 2 N–H and O–H groups in total. The van der Waals surface area contributed by atoms with Crippen LogP contribution in [0.1, 0.15) is 22.3 Å². The molecule has 5 nitrogen and oxygen atoms in total. The minimum absolute atomic E-state index is 0.326. The molecule has 206 valence electrons. The van der Waals surface area contributed by atoms with E-state index >= 15 is 0 Å². The van der Waals surface area contributed by atoms with E-state index in [1.54, 1.807) is 0 Å². The Labute approximate surface area is 237 Å². The lowest BCUT2D eigenvalue weighted by Gasteiger charge is -2.40. The summed E-state index contributed by atoms with van der Waals surface area (Å²) in [6.45, 7) is 2.26. The van der Waals surface area contributed by atoms with Crippen molar-refractivity contribution in [2.24, 2.45) is 0 Å². The van der Waals surface area contributed by atoms with E-state index in [9.17, 15) is 5.11 Å². The van der Waals surface area contributed by atoms with Gasteiger partial charge in [-0.05, 0) is 27.8 Å². The van der Waals surface area contributed by atoms with Gasteiger partial charge in [-0.25, -0.2) is 0 Å². The normalized spacial score (nSPS) is 20.7. The lowest BCUT2D eigenvalue weighted by atomic mass is 9.87. The van der Waals surface area contributed by atoms with Gasteiger partial charge in [0.15, 0.2) is 0 Å². The molecule has 0 fully saturated rings. The predicted octanol–water partition coefficient (Wildman–Crippen LogP) is 5.83. The molecule has 40 heavy (non-hydrogen) atoms. The van der Waals surface area contributed by atoms with E-state index in [4.69, 9.17) is 14.2 Å². The molecular weight excluding hydrogens is 498 g/mol. The molecule has 4 aromatic rings. The fraction of sp³-hybridized carbons (Fsp3) is 0.257. The number of aliphatic hydroxyl groups is 1. The minimum atomic E-state index is -0.814. The molecule has 0 heterocycles. The van der Waals surface area contributed by atoms with Gasteiger partial charge in [0.05, 0.1) is 32.5 Å². The molecule has 0 spiro atoms. The summed E-state index contributed by atoms with van der Waals surface area (Å²) in [5.41, 5.74) is 5.32. The number of aliphatic hydroxyl groups excluding tert-OH is 1. The van der Waals surface area contributed by atoms with Crippen LogP contribution in [0.25, 0.3) is 0 Å². The van der Waals surface area contributed by atoms with Crippen LogP contribution in [-0.4, -0.2) is 36.1 Å². The van der Waals surface area contributed by atoms with Crippen molar-refractivity contribution in [2.75, 3.05) is 6.61 Å². The average molecular weight is 536 g/mol. The number of rotatable bonds is 13. The second kappa shape index (κ2) is 14.7. The Morgan fingerprint density at radius 3 is 1.57 bits per heavy atom. The monoisotopic (exact) mass is 535 g/mol. The highest BCUT2D eigenvalue weighted by Crippen LogP contribution is 2.28. The second-order valence-electron chi connectivity index (χ2n) is 10.1. The van der Waals surface area contributed by atoms with Gasteiger partial charge in [0.1, 0.15) is 18.3 Å². The smallest absolute Gasteiger partial charge is 0.116 e. The second-order valence-corrected chi connectivity index (χ2v) is 10.1. The fourth-order valence-corrected chi connectivity index (χ4v) is 4.94. The third-order valence-corrected chi connectivity index (χ3v) is 7.08. The van der Waals surface area contributed by atoms with Gasteiger partial charge in [-0.3, -0.25) is 0 Å². The lowest BCUT2D eigenvalue weighted by Crippen LogP contribution is -2.55. The molecule has 0 aliphatic heterocycles. The molecule has 1 aliphatic rings. The van der Waals surface area contributed by atoms with Crippen molar-refractivity contribution in [1.29, 1.82) is 0 Å². The first kappa shape index (κ1) is 28.0. The SMILES string of the molecule is O[C@@H]1[C@@H](OCc2ccccc2)[C@H](OCc2ccccc2)C(COCc2ccccc2)=C[C@@H]1NCc1ccccc1. The standard InChI is InChI=1S/C35H37NO4/c37-33-32(36-22-27-13-5-1-6-14-27)21-31(26-38-23-28-15-7-2-8-16-28)34(39-24-29-17-9-3-10-18-29)35(33)40-25-30-19-11-4-12-20-30/h1-21,32-37H,22-26H2/t32-,33-,34+,35+/m0/s1. The van der Waals surface area contributed by atoms with Crippen LogP contribution >= 0.6 is 0 Å². The molecule has 0 saturated heterocycles. The summed E-state index contributed by atoms with van der Waals surface area (Å²) in [6.07, 6.45) is 0.199. The molecule has 0 unspecified atom stereocenters. The molecular formula is C35H37NO4. The van der Waals surface area contributed by atoms with Crippen molar-refractivity contribution in [3.63, 3.8) is 0 Å². The quantitative estimate of drug-likeness (QED) is 0.211. The first-order valence-corrected chi connectivity index (χ1v) is 13.8. The van der Waals surface area contributed by atoms with Crippen LogP contribution in [0.2, 0.25) is 0 Å². The Morgan fingerprint density at radius 1 is 0.550 bits per heavy atom. The maximum atomic E-state index is 11.6. The van der Waals surface area contributed by atoms with E-state index in [0.717, 1.165) is 27.8 Å². The summed E-state index contributed by atoms with van der Waals surface area (Å²) in [7, 11) is 0. The zero-order valence-electron chi connectivity index (χ0n) is 22.6. The Hall–Kier alpha value is -3.58. The van der Waals surface area contributed by atoms with Gasteiger partial charge in [0, 0.05) is 6.54 Å². The van der Waals surface area contributed by atoms with Crippen molar-refractivity contribution in [3.05, 3.63) is 155 Å². The fourth-order valence-electron chi connectivity index (χ4n) is 4.94. The van der Waals surface area contributed by atoms with Crippen LogP contribution < -0.4 is 5.32 Å². The summed E-state index contributed by atoms with van der Waals surface area (Å²) in [5.74, 6) is 0.